The van der Waals surface area contributed by atoms with E-state index in [-0.39, 0.29) is 12.0 Å². The molecular weight excluding hydrogens is 414 g/mol. The van der Waals surface area contributed by atoms with Gasteiger partial charge in [0, 0.05) is 26.7 Å². The Morgan fingerprint density at radius 3 is 2.53 bits per heavy atom. The summed E-state index contributed by atoms with van der Waals surface area (Å²) >= 11 is 0. The molecule has 166 valence electrons. The summed E-state index contributed by atoms with van der Waals surface area (Å²) in [6.07, 6.45) is 3.06. The van der Waals surface area contributed by atoms with E-state index in [2.05, 4.69) is 15.4 Å². The van der Waals surface area contributed by atoms with E-state index >= 15 is 0 Å². The molecule has 0 saturated carbocycles. The Bertz CT molecular complexity index is 1160. The van der Waals surface area contributed by atoms with Gasteiger partial charge in [-0.2, -0.15) is 5.10 Å². The molecular formula is C22H23N5O5. The standard InChI is InChI=1S/C22H23N5O5/c1-26(18-6-4-5-11-23-18)22(31)25-16(21(29)30)12-14-7-9-15(10-8-14)19-17(32-3)13-24-27(2)20(19)28/h4-11,13,16H,12H2,1-3H3,(H,25,31)(H,29,30)/t16-/m0/s1. The van der Waals surface area contributed by atoms with Gasteiger partial charge in [-0.25, -0.2) is 19.3 Å². The first-order chi connectivity index (χ1) is 15.3. The van der Waals surface area contributed by atoms with E-state index in [1.54, 1.807) is 55.7 Å². The first-order valence-corrected chi connectivity index (χ1v) is 9.69. The molecule has 3 aromatic rings. The number of hydrogen-bond acceptors (Lipinski definition) is 6. The fourth-order valence-corrected chi connectivity index (χ4v) is 3.09. The smallest absolute Gasteiger partial charge is 0.326 e. The van der Waals surface area contributed by atoms with Crippen LogP contribution >= 0.6 is 0 Å². The number of benzene rings is 1. The van der Waals surface area contributed by atoms with Gasteiger partial charge < -0.3 is 15.2 Å². The van der Waals surface area contributed by atoms with Gasteiger partial charge in [-0.1, -0.05) is 30.3 Å². The SMILES string of the molecule is COc1cnn(C)c(=O)c1-c1ccc(C[C@H](NC(=O)N(C)c2ccccn2)C(=O)O)cc1. The lowest BCUT2D eigenvalue weighted by Gasteiger charge is -2.21. The second-order valence-corrected chi connectivity index (χ2v) is 7.01. The van der Waals surface area contributed by atoms with Crippen LogP contribution < -0.4 is 20.5 Å². The molecule has 0 saturated heterocycles. The van der Waals surface area contributed by atoms with Gasteiger partial charge in [-0.05, 0) is 23.3 Å². The predicted octanol–water partition coefficient (Wildman–Crippen LogP) is 1.69. The van der Waals surface area contributed by atoms with Crippen molar-refractivity contribution >= 4 is 17.8 Å². The van der Waals surface area contributed by atoms with Crippen LogP contribution in [-0.4, -0.2) is 52.1 Å². The van der Waals surface area contributed by atoms with Gasteiger partial charge in [0.15, 0.2) is 5.75 Å². The summed E-state index contributed by atoms with van der Waals surface area (Å²) in [6, 6.07) is 10.2. The summed E-state index contributed by atoms with van der Waals surface area (Å²) < 4.78 is 6.46. The molecule has 0 fully saturated rings. The third-order valence-electron chi connectivity index (χ3n) is 4.90. The van der Waals surface area contributed by atoms with Crippen LogP contribution in [0.3, 0.4) is 0 Å². The van der Waals surface area contributed by atoms with Crippen LogP contribution in [0, 0.1) is 0 Å². The molecule has 0 aliphatic heterocycles. The number of pyridine rings is 1. The Kier molecular flexibility index (Phi) is 6.83. The maximum absolute atomic E-state index is 12.5. The third kappa shape index (κ3) is 4.91. The highest BCUT2D eigenvalue weighted by Gasteiger charge is 2.23. The van der Waals surface area contributed by atoms with Crippen LogP contribution in [0.15, 0.2) is 59.7 Å². The Labute approximate surface area is 184 Å². The van der Waals surface area contributed by atoms with Crippen LogP contribution in [0.25, 0.3) is 11.1 Å². The topological polar surface area (TPSA) is 127 Å². The lowest BCUT2D eigenvalue weighted by atomic mass is 10.0. The van der Waals surface area contributed by atoms with Crippen LogP contribution in [-0.2, 0) is 18.3 Å². The number of aromatic nitrogens is 3. The number of ether oxygens (including phenoxy) is 1. The lowest BCUT2D eigenvalue weighted by Crippen LogP contribution is -2.48. The monoisotopic (exact) mass is 437 g/mol. The normalized spacial score (nSPS) is 11.5. The van der Waals surface area contributed by atoms with Crippen LogP contribution in [0.5, 0.6) is 5.75 Å². The van der Waals surface area contributed by atoms with Crippen LogP contribution in [0.1, 0.15) is 5.56 Å². The van der Waals surface area contributed by atoms with Gasteiger partial charge in [0.25, 0.3) is 5.56 Å². The number of carbonyl (C=O) groups is 2. The molecule has 0 unspecified atom stereocenters. The van der Waals surface area contributed by atoms with Crippen LogP contribution in [0.4, 0.5) is 10.6 Å². The molecule has 0 spiro atoms. The highest BCUT2D eigenvalue weighted by molar-refractivity contribution is 5.93. The highest BCUT2D eigenvalue weighted by atomic mass is 16.5. The van der Waals surface area contributed by atoms with Crippen molar-refractivity contribution in [2.45, 2.75) is 12.5 Å². The van der Waals surface area contributed by atoms with Crippen molar-refractivity contribution in [1.29, 1.82) is 0 Å². The molecule has 1 aromatic carbocycles. The number of carbonyl (C=O) groups excluding carboxylic acids is 1. The molecule has 2 aromatic heterocycles. The van der Waals surface area contributed by atoms with Gasteiger partial charge >= 0.3 is 12.0 Å². The zero-order valence-electron chi connectivity index (χ0n) is 17.8. The van der Waals surface area contributed by atoms with E-state index in [1.807, 2.05) is 0 Å². The number of aliphatic carboxylic acids is 1. The molecule has 0 radical (unpaired) electrons. The summed E-state index contributed by atoms with van der Waals surface area (Å²) in [6.45, 7) is 0. The molecule has 10 heteroatoms. The summed E-state index contributed by atoms with van der Waals surface area (Å²) in [7, 11) is 4.51. The van der Waals surface area contributed by atoms with E-state index in [1.165, 1.54) is 29.9 Å². The van der Waals surface area contributed by atoms with Gasteiger partial charge in [0.1, 0.15) is 11.9 Å². The maximum Gasteiger partial charge on any atom is 0.326 e. The van der Waals surface area contributed by atoms with Gasteiger partial charge in [0.2, 0.25) is 0 Å². The van der Waals surface area contributed by atoms with E-state index in [4.69, 9.17) is 4.74 Å². The number of carboxylic acid groups (broad SMARTS) is 1. The quantitative estimate of drug-likeness (QED) is 0.576. The van der Waals surface area contributed by atoms with Gasteiger partial charge in [-0.3, -0.25) is 9.69 Å². The minimum Gasteiger partial charge on any atom is -0.494 e. The van der Waals surface area contributed by atoms with Crippen molar-refractivity contribution < 1.29 is 19.4 Å². The molecule has 3 rings (SSSR count). The molecule has 2 N–H and O–H groups in total. The number of aryl methyl sites for hydroxylation is 1. The van der Waals surface area contributed by atoms with Crippen molar-refractivity contribution in [2.75, 3.05) is 19.1 Å². The molecule has 0 aliphatic carbocycles. The van der Waals surface area contributed by atoms with E-state index < -0.39 is 18.0 Å². The van der Waals surface area contributed by atoms with Crippen molar-refractivity contribution in [3.05, 3.63) is 70.8 Å². The fraction of sp³-hybridized carbons (Fsp3) is 0.227. The Morgan fingerprint density at radius 2 is 1.94 bits per heavy atom. The fourth-order valence-electron chi connectivity index (χ4n) is 3.09. The Hall–Kier alpha value is -4.21. The number of amides is 2. The minimum absolute atomic E-state index is 0.0584. The summed E-state index contributed by atoms with van der Waals surface area (Å²) in [5.74, 6) is -0.429. The highest BCUT2D eigenvalue weighted by Crippen LogP contribution is 2.25. The van der Waals surface area contributed by atoms with E-state index in [9.17, 15) is 19.5 Å². The van der Waals surface area contributed by atoms with Crippen molar-refractivity contribution in [1.82, 2.24) is 20.1 Å². The Balaban J connectivity index is 1.77. The number of nitrogens with zero attached hydrogens (tertiary/aromatic N) is 4. The number of methoxy groups -OCH3 is 1. The van der Waals surface area contributed by atoms with Crippen molar-refractivity contribution in [3.63, 3.8) is 0 Å². The van der Waals surface area contributed by atoms with Gasteiger partial charge in [-0.15, -0.1) is 0 Å². The number of anilines is 1. The molecule has 0 aliphatic rings. The number of hydrogen-bond donors (Lipinski definition) is 2. The number of nitrogens with one attached hydrogen (secondary N) is 1. The van der Waals surface area contributed by atoms with E-state index in [0.29, 0.717) is 28.3 Å². The first-order valence-electron chi connectivity index (χ1n) is 9.69. The summed E-state index contributed by atoms with van der Waals surface area (Å²) in [5, 5.41) is 16.0. The second-order valence-electron chi connectivity index (χ2n) is 7.01. The average molecular weight is 437 g/mol. The average Bonchev–Trinajstić information content (AvgIpc) is 2.80. The minimum atomic E-state index is -1.17. The largest absolute Gasteiger partial charge is 0.494 e. The third-order valence-corrected chi connectivity index (χ3v) is 4.90. The molecule has 2 amide bonds. The van der Waals surface area contributed by atoms with Crippen molar-refractivity contribution in [2.24, 2.45) is 7.05 Å². The molecule has 2 heterocycles. The number of carboxylic acids is 1. The summed E-state index contributed by atoms with van der Waals surface area (Å²) in [4.78, 5) is 42.0. The lowest BCUT2D eigenvalue weighted by molar-refractivity contribution is -0.139. The zero-order chi connectivity index (χ0) is 23.3. The van der Waals surface area contributed by atoms with Crippen LogP contribution in [0.2, 0.25) is 0 Å². The second kappa shape index (κ2) is 9.73. The molecule has 0 bridgehead atoms. The van der Waals surface area contributed by atoms with E-state index in [0.717, 1.165) is 0 Å². The molecule has 32 heavy (non-hydrogen) atoms. The first kappa shape index (κ1) is 22.5. The summed E-state index contributed by atoms with van der Waals surface area (Å²) in [5.41, 5.74) is 1.33. The number of rotatable bonds is 7. The Morgan fingerprint density at radius 1 is 1.22 bits per heavy atom. The zero-order valence-corrected chi connectivity index (χ0v) is 17.8. The predicted molar refractivity (Wildman–Crippen MR) is 118 cm³/mol. The number of urea groups is 1. The molecule has 1 atom stereocenters. The van der Waals surface area contributed by atoms with Gasteiger partial charge in [0.05, 0.1) is 18.9 Å². The molecule has 10 nitrogen and oxygen atoms in total. The maximum atomic E-state index is 12.5. The van der Waals surface area contributed by atoms with Crippen molar-refractivity contribution in [3.8, 4) is 16.9 Å².